The summed E-state index contributed by atoms with van der Waals surface area (Å²) in [6.45, 7) is 2.57. The van der Waals surface area contributed by atoms with Gasteiger partial charge in [-0.25, -0.2) is 0 Å². The highest BCUT2D eigenvalue weighted by atomic mass is 16.7. The van der Waals surface area contributed by atoms with Gasteiger partial charge in [0.1, 0.15) is 48.8 Å². The first-order chi connectivity index (χ1) is 35.6. The van der Waals surface area contributed by atoms with Gasteiger partial charge in [-0.2, -0.15) is 0 Å². The maximum absolute atomic E-state index is 13.1. The van der Waals surface area contributed by atoms with Crippen LogP contribution in [-0.2, 0) is 23.7 Å². The van der Waals surface area contributed by atoms with Gasteiger partial charge in [-0.1, -0.05) is 195 Å². The Kier molecular flexibility index (Phi) is 40.2. The number of nitrogens with one attached hydrogen (secondary N) is 1. The fraction of sp³-hybridized carbons (Fsp3) is 0.746. The van der Waals surface area contributed by atoms with E-state index in [2.05, 4.69) is 92.1 Å². The van der Waals surface area contributed by atoms with Gasteiger partial charge in [0.25, 0.3) is 0 Å². The SMILES string of the molecule is CC/C=C\C/C=C\C/C=C\C/C=C\C/C=C\C/C=C\CCCCCCCCCCCCCCCCC(=O)NC(COC1OC(CO)C(OC2OC(CO)C(O)C(O)C2O)C(O)C1O)C(O)/C=C/CCCCCC. The van der Waals surface area contributed by atoms with Gasteiger partial charge in [0.05, 0.1) is 32.0 Å². The molecule has 12 atom stereocenters. The van der Waals surface area contributed by atoms with E-state index in [1.165, 1.54) is 70.6 Å². The van der Waals surface area contributed by atoms with Crippen LogP contribution in [0.25, 0.3) is 0 Å². The Balaban J connectivity index is 1.58. The van der Waals surface area contributed by atoms with E-state index >= 15 is 0 Å². The van der Waals surface area contributed by atoms with Crippen LogP contribution in [0.2, 0.25) is 0 Å². The lowest BCUT2D eigenvalue weighted by atomic mass is 9.97. The van der Waals surface area contributed by atoms with Crippen molar-refractivity contribution in [3.05, 3.63) is 85.1 Å². The predicted molar refractivity (Wildman–Crippen MR) is 290 cm³/mol. The van der Waals surface area contributed by atoms with Gasteiger partial charge in [-0.05, 0) is 70.6 Å². The second kappa shape index (κ2) is 44.3. The number of hydrogen-bond acceptors (Lipinski definition) is 13. The first kappa shape index (κ1) is 66.3. The molecule has 0 aromatic carbocycles. The van der Waals surface area contributed by atoms with Crippen molar-refractivity contribution in [1.82, 2.24) is 5.32 Å². The fourth-order valence-corrected chi connectivity index (χ4v) is 8.76. The average Bonchev–Trinajstić information content (AvgIpc) is 3.39. The summed E-state index contributed by atoms with van der Waals surface area (Å²) in [6, 6.07) is -0.915. The van der Waals surface area contributed by atoms with E-state index in [-0.39, 0.29) is 18.9 Å². The smallest absolute Gasteiger partial charge is 0.220 e. The normalized spacial score (nSPS) is 26.1. The molecule has 12 unspecified atom stereocenters. The van der Waals surface area contributed by atoms with E-state index in [1.807, 2.05) is 6.08 Å². The molecule has 2 heterocycles. The van der Waals surface area contributed by atoms with Crippen molar-refractivity contribution >= 4 is 5.91 Å². The van der Waals surface area contributed by atoms with Crippen LogP contribution in [0.5, 0.6) is 0 Å². The standard InChI is InChI=1S/C59H101NO13/c1-3-5-7-9-11-12-13-14-15-16-17-18-19-20-21-22-23-24-25-26-27-28-29-30-31-32-33-34-35-36-37-39-41-43-51(64)60-47(48(63)42-40-38-10-8-6-4-2)46-70-58-56(69)54(67)57(50(45-62)72-58)73-59-55(68)53(66)52(65)49(44-61)71-59/h5,7,11-12,14-15,17-18,20-21,23-24,40,42,47-50,52-59,61-63,65-69H,3-4,6,8-10,13,16,19,22,25-39,41,43-46H2,1-2H3,(H,60,64)/b7-5-,12-11-,15-14-,18-17-,21-20-,24-23-,42-40+. The number of aliphatic hydroxyl groups is 8. The minimum absolute atomic E-state index is 0.250. The van der Waals surface area contributed by atoms with Crippen LogP contribution in [0.15, 0.2) is 85.1 Å². The maximum atomic E-state index is 13.1. The number of hydrogen-bond donors (Lipinski definition) is 9. The molecule has 0 saturated carbocycles. The first-order valence-corrected chi connectivity index (χ1v) is 28.3. The van der Waals surface area contributed by atoms with Gasteiger partial charge in [0, 0.05) is 6.42 Å². The Hall–Kier alpha value is -2.83. The molecule has 420 valence electrons. The molecule has 2 rings (SSSR count). The van der Waals surface area contributed by atoms with Gasteiger partial charge < -0.3 is 65.1 Å². The minimum Gasteiger partial charge on any atom is -0.394 e. The molecule has 0 aromatic heterocycles. The second-order valence-corrected chi connectivity index (χ2v) is 19.7. The zero-order chi connectivity index (χ0) is 53.2. The largest absolute Gasteiger partial charge is 0.394 e. The number of carbonyl (C=O) groups excluding carboxylic acids is 1. The zero-order valence-corrected chi connectivity index (χ0v) is 44.8. The summed E-state index contributed by atoms with van der Waals surface area (Å²) in [7, 11) is 0. The number of allylic oxidation sites excluding steroid dienone is 13. The molecule has 2 fully saturated rings. The summed E-state index contributed by atoms with van der Waals surface area (Å²) in [6.07, 6.45) is 42.6. The number of rotatable bonds is 43. The minimum atomic E-state index is -1.79. The Bertz CT molecular complexity index is 1550. The molecule has 2 saturated heterocycles. The van der Waals surface area contributed by atoms with Crippen molar-refractivity contribution in [2.45, 2.75) is 261 Å². The van der Waals surface area contributed by atoms with Gasteiger partial charge in [-0.3, -0.25) is 4.79 Å². The zero-order valence-electron chi connectivity index (χ0n) is 44.8. The van der Waals surface area contributed by atoms with Crippen LogP contribution >= 0.6 is 0 Å². The molecule has 9 N–H and O–H groups in total. The van der Waals surface area contributed by atoms with Crippen LogP contribution in [0.3, 0.4) is 0 Å². The third-order valence-electron chi connectivity index (χ3n) is 13.3. The molecule has 0 bridgehead atoms. The Morgan fingerprint density at radius 2 is 0.945 bits per heavy atom. The molecular formula is C59H101NO13. The highest BCUT2D eigenvalue weighted by molar-refractivity contribution is 5.76. The summed E-state index contributed by atoms with van der Waals surface area (Å²) in [5, 5.41) is 86.4. The fourth-order valence-electron chi connectivity index (χ4n) is 8.76. The first-order valence-electron chi connectivity index (χ1n) is 28.3. The van der Waals surface area contributed by atoms with E-state index in [4.69, 9.17) is 18.9 Å². The quantitative estimate of drug-likeness (QED) is 0.0206. The van der Waals surface area contributed by atoms with Crippen LogP contribution in [0, 0.1) is 0 Å². The molecule has 73 heavy (non-hydrogen) atoms. The Morgan fingerprint density at radius 1 is 0.507 bits per heavy atom. The van der Waals surface area contributed by atoms with Crippen LogP contribution in [0.1, 0.15) is 187 Å². The van der Waals surface area contributed by atoms with E-state index in [1.54, 1.807) is 6.08 Å². The molecule has 0 aromatic rings. The number of unbranched alkanes of at least 4 members (excludes halogenated alkanes) is 18. The lowest BCUT2D eigenvalue weighted by Crippen LogP contribution is -2.65. The van der Waals surface area contributed by atoms with Gasteiger partial charge in [0.15, 0.2) is 12.6 Å². The predicted octanol–water partition coefficient (Wildman–Crippen LogP) is 8.94. The molecule has 14 nitrogen and oxygen atoms in total. The number of aliphatic hydroxyl groups excluding tert-OH is 8. The van der Waals surface area contributed by atoms with Crippen molar-refractivity contribution in [3.8, 4) is 0 Å². The lowest BCUT2D eigenvalue weighted by Gasteiger charge is -2.46. The summed E-state index contributed by atoms with van der Waals surface area (Å²) in [5.41, 5.74) is 0. The third kappa shape index (κ3) is 30.5. The average molecular weight is 1030 g/mol. The Morgan fingerprint density at radius 3 is 1.45 bits per heavy atom. The van der Waals surface area contributed by atoms with Crippen LogP contribution in [-0.4, -0.2) is 140 Å². The number of carbonyl (C=O) groups is 1. The molecule has 14 heteroatoms. The molecule has 2 aliphatic rings. The molecule has 0 radical (unpaired) electrons. The Labute approximate surface area is 440 Å². The summed E-state index contributed by atoms with van der Waals surface area (Å²) < 4.78 is 22.6. The molecule has 1 amide bonds. The topological polar surface area (TPSA) is 228 Å². The molecule has 2 aliphatic heterocycles. The van der Waals surface area contributed by atoms with E-state index in [0.717, 1.165) is 89.9 Å². The maximum Gasteiger partial charge on any atom is 0.220 e. The van der Waals surface area contributed by atoms with E-state index in [9.17, 15) is 45.6 Å². The third-order valence-corrected chi connectivity index (χ3v) is 13.3. The summed E-state index contributed by atoms with van der Waals surface area (Å²) in [4.78, 5) is 13.1. The molecule has 0 spiro atoms. The molecule has 0 aliphatic carbocycles. The lowest BCUT2D eigenvalue weighted by molar-refractivity contribution is -0.359. The van der Waals surface area contributed by atoms with Crippen molar-refractivity contribution in [2.24, 2.45) is 0 Å². The van der Waals surface area contributed by atoms with Gasteiger partial charge in [0.2, 0.25) is 5.91 Å². The highest BCUT2D eigenvalue weighted by Crippen LogP contribution is 2.30. The highest BCUT2D eigenvalue weighted by Gasteiger charge is 2.51. The second-order valence-electron chi connectivity index (χ2n) is 19.7. The van der Waals surface area contributed by atoms with Gasteiger partial charge in [-0.15, -0.1) is 0 Å². The van der Waals surface area contributed by atoms with Crippen LogP contribution < -0.4 is 5.32 Å². The van der Waals surface area contributed by atoms with Crippen molar-refractivity contribution in [3.63, 3.8) is 0 Å². The van der Waals surface area contributed by atoms with E-state index in [0.29, 0.717) is 6.42 Å². The van der Waals surface area contributed by atoms with Crippen molar-refractivity contribution < 1.29 is 64.6 Å². The van der Waals surface area contributed by atoms with E-state index < -0.39 is 86.8 Å². The van der Waals surface area contributed by atoms with Crippen molar-refractivity contribution in [2.75, 3.05) is 19.8 Å². The molecular weight excluding hydrogens is 931 g/mol. The van der Waals surface area contributed by atoms with Gasteiger partial charge >= 0.3 is 0 Å². The summed E-state index contributed by atoms with van der Waals surface area (Å²) in [5.74, 6) is -0.250. The number of ether oxygens (including phenoxy) is 4. The van der Waals surface area contributed by atoms with Crippen molar-refractivity contribution in [1.29, 1.82) is 0 Å². The number of amides is 1. The monoisotopic (exact) mass is 1030 g/mol. The van der Waals surface area contributed by atoms with Crippen LogP contribution in [0.4, 0.5) is 0 Å². The summed E-state index contributed by atoms with van der Waals surface area (Å²) >= 11 is 0.